The van der Waals surface area contributed by atoms with Gasteiger partial charge in [-0.1, -0.05) is 30.3 Å². The minimum atomic E-state index is -0.636. The smallest absolute Gasteiger partial charge is 0.344 e. The second kappa shape index (κ2) is 9.52. The van der Waals surface area contributed by atoms with Crippen molar-refractivity contribution in [3.8, 4) is 0 Å². The van der Waals surface area contributed by atoms with Crippen LogP contribution in [0.3, 0.4) is 0 Å². The van der Waals surface area contributed by atoms with Crippen molar-refractivity contribution in [2.45, 2.75) is 26.4 Å². The molecule has 114 valence electrons. The van der Waals surface area contributed by atoms with Crippen molar-refractivity contribution >= 4 is 17.9 Å². The third-order valence-electron chi connectivity index (χ3n) is 2.42. The van der Waals surface area contributed by atoms with Crippen molar-refractivity contribution in [2.24, 2.45) is 0 Å². The Bertz CT molecular complexity index is 468. The van der Waals surface area contributed by atoms with Crippen LogP contribution in [0.4, 0.5) is 0 Å². The Morgan fingerprint density at radius 1 is 0.952 bits per heavy atom. The molecule has 21 heavy (non-hydrogen) atoms. The van der Waals surface area contributed by atoms with E-state index >= 15 is 0 Å². The van der Waals surface area contributed by atoms with E-state index < -0.39 is 18.5 Å². The van der Waals surface area contributed by atoms with Crippen LogP contribution in [0.25, 0.3) is 0 Å². The fourth-order valence-electron chi connectivity index (χ4n) is 1.41. The summed E-state index contributed by atoms with van der Waals surface area (Å²) in [6.45, 7) is 1.11. The maximum atomic E-state index is 11.4. The number of carbonyl (C=O) groups is 3. The number of ether oxygens (including phenoxy) is 3. The molecule has 0 aliphatic rings. The van der Waals surface area contributed by atoms with Gasteiger partial charge in [0.15, 0.2) is 6.61 Å². The van der Waals surface area contributed by atoms with Crippen molar-refractivity contribution < 1.29 is 28.6 Å². The Kier molecular flexibility index (Phi) is 7.56. The third-order valence-corrected chi connectivity index (χ3v) is 2.42. The predicted octanol–water partition coefficient (Wildman–Crippen LogP) is 1.62. The van der Waals surface area contributed by atoms with Crippen LogP contribution in [-0.2, 0) is 35.2 Å². The summed E-state index contributed by atoms with van der Waals surface area (Å²) in [5, 5.41) is 0. The molecule has 0 spiro atoms. The molecule has 0 amide bonds. The number of rotatable bonds is 8. The van der Waals surface area contributed by atoms with Crippen molar-refractivity contribution in [2.75, 3.05) is 13.2 Å². The van der Waals surface area contributed by atoms with E-state index in [-0.39, 0.29) is 25.6 Å². The van der Waals surface area contributed by atoms with Gasteiger partial charge in [-0.2, -0.15) is 0 Å². The van der Waals surface area contributed by atoms with E-state index in [1.807, 2.05) is 30.3 Å². The maximum Gasteiger partial charge on any atom is 0.344 e. The normalized spacial score (nSPS) is 9.76. The molecular formula is C15H18O6. The summed E-state index contributed by atoms with van der Waals surface area (Å²) in [5.74, 6) is -1.53. The van der Waals surface area contributed by atoms with E-state index in [4.69, 9.17) is 9.47 Å². The zero-order valence-corrected chi connectivity index (χ0v) is 11.9. The molecule has 0 unspecified atom stereocenters. The van der Waals surface area contributed by atoms with Gasteiger partial charge in [-0.05, 0) is 12.0 Å². The van der Waals surface area contributed by atoms with Gasteiger partial charge in [-0.3, -0.25) is 9.59 Å². The maximum absolute atomic E-state index is 11.4. The van der Waals surface area contributed by atoms with Crippen LogP contribution in [0.5, 0.6) is 0 Å². The lowest BCUT2D eigenvalue weighted by Crippen LogP contribution is -2.16. The molecule has 1 aromatic carbocycles. The number of carbonyl (C=O) groups excluding carboxylic acids is 3. The van der Waals surface area contributed by atoms with Crippen LogP contribution in [0, 0.1) is 0 Å². The van der Waals surface area contributed by atoms with E-state index in [1.165, 1.54) is 6.92 Å². The third kappa shape index (κ3) is 8.41. The number of esters is 3. The van der Waals surface area contributed by atoms with Crippen molar-refractivity contribution in [1.82, 2.24) is 0 Å². The molecule has 0 saturated carbocycles. The van der Waals surface area contributed by atoms with Crippen LogP contribution in [0.15, 0.2) is 30.3 Å². The van der Waals surface area contributed by atoms with Gasteiger partial charge in [0.05, 0.1) is 6.61 Å². The topological polar surface area (TPSA) is 78.9 Å². The summed E-state index contributed by atoms with van der Waals surface area (Å²) >= 11 is 0. The molecule has 0 atom stereocenters. The van der Waals surface area contributed by atoms with Crippen LogP contribution in [-0.4, -0.2) is 31.1 Å². The average molecular weight is 294 g/mol. The Balaban J connectivity index is 2.05. The summed E-state index contributed by atoms with van der Waals surface area (Å²) in [6, 6.07) is 9.35. The Morgan fingerprint density at radius 3 is 2.33 bits per heavy atom. The lowest BCUT2D eigenvalue weighted by molar-refractivity contribution is -0.158. The van der Waals surface area contributed by atoms with E-state index in [0.29, 0.717) is 6.42 Å². The van der Waals surface area contributed by atoms with Crippen molar-refractivity contribution in [3.05, 3.63) is 35.9 Å². The van der Waals surface area contributed by atoms with Gasteiger partial charge in [0.1, 0.15) is 6.61 Å². The first-order chi connectivity index (χ1) is 10.1. The largest absolute Gasteiger partial charge is 0.463 e. The average Bonchev–Trinajstić information content (AvgIpc) is 2.48. The monoisotopic (exact) mass is 294 g/mol. The fraction of sp³-hybridized carbons (Fsp3) is 0.400. The highest BCUT2D eigenvalue weighted by Crippen LogP contribution is 2.02. The van der Waals surface area contributed by atoms with Crippen LogP contribution >= 0.6 is 0 Å². The van der Waals surface area contributed by atoms with Gasteiger partial charge >= 0.3 is 17.9 Å². The zero-order chi connectivity index (χ0) is 15.5. The number of hydrogen-bond acceptors (Lipinski definition) is 6. The van der Waals surface area contributed by atoms with Gasteiger partial charge in [-0.15, -0.1) is 0 Å². The molecule has 0 aromatic heterocycles. The lowest BCUT2D eigenvalue weighted by Gasteiger charge is -2.06. The Morgan fingerprint density at radius 2 is 1.67 bits per heavy atom. The highest BCUT2D eigenvalue weighted by atomic mass is 16.6. The van der Waals surface area contributed by atoms with E-state index in [9.17, 15) is 14.4 Å². The molecule has 0 heterocycles. The molecule has 0 radical (unpaired) electrons. The quantitative estimate of drug-likeness (QED) is 0.412. The molecule has 6 nitrogen and oxygen atoms in total. The van der Waals surface area contributed by atoms with Gasteiger partial charge in [0, 0.05) is 13.3 Å². The minimum absolute atomic E-state index is 0.0839. The fourth-order valence-corrected chi connectivity index (χ4v) is 1.41. The van der Waals surface area contributed by atoms with Crippen molar-refractivity contribution in [1.29, 1.82) is 0 Å². The van der Waals surface area contributed by atoms with Crippen LogP contribution < -0.4 is 0 Å². The Hall–Kier alpha value is -2.37. The molecule has 0 fully saturated rings. The molecule has 0 bridgehead atoms. The second-order valence-corrected chi connectivity index (χ2v) is 4.25. The first-order valence-corrected chi connectivity index (χ1v) is 6.56. The highest BCUT2D eigenvalue weighted by molar-refractivity contribution is 5.75. The first kappa shape index (κ1) is 16.7. The van der Waals surface area contributed by atoms with Gasteiger partial charge in [-0.25, -0.2) is 4.79 Å². The molecular weight excluding hydrogens is 276 g/mol. The summed E-state index contributed by atoms with van der Waals surface area (Å²) in [5.41, 5.74) is 0.915. The molecule has 0 saturated heterocycles. The van der Waals surface area contributed by atoms with Crippen LogP contribution in [0.1, 0.15) is 25.3 Å². The number of benzene rings is 1. The van der Waals surface area contributed by atoms with Crippen LogP contribution in [0.2, 0.25) is 0 Å². The lowest BCUT2D eigenvalue weighted by atomic mass is 10.2. The molecule has 6 heteroatoms. The summed E-state index contributed by atoms with van der Waals surface area (Å²) in [7, 11) is 0. The predicted molar refractivity (Wildman–Crippen MR) is 73.1 cm³/mol. The van der Waals surface area contributed by atoms with E-state index in [2.05, 4.69) is 4.74 Å². The van der Waals surface area contributed by atoms with Crippen molar-refractivity contribution in [3.63, 3.8) is 0 Å². The number of hydrogen-bond donors (Lipinski definition) is 0. The SMILES string of the molecule is CC(=O)OCC(=O)OCCCC(=O)OCc1ccccc1. The molecule has 0 aliphatic carbocycles. The summed E-state index contributed by atoms with van der Waals surface area (Å²) < 4.78 is 14.3. The first-order valence-electron chi connectivity index (χ1n) is 6.56. The summed E-state index contributed by atoms with van der Waals surface area (Å²) in [6.07, 6.45) is 0.521. The van der Waals surface area contributed by atoms with Gasteiger partial charge in [0.2, 0.25) is 0 Å². The molecule has 1 aromatic rings. The highest BCUT2D eigenvalue weighted by Gasteiger charge is 2.07. The standard InChI is InChI=1S/C15H18O6/c1-12(16)20-11-15(18)19-9-5-8-14(17)21-10-13-6-3-2-4-7-13/h2-4,6-7H,5,8-11H2,1H3. The van der Waals surface area contributed by atoms with Gasteiger partial charge in [0.25, 0.3) is 0 Å². The van der Waals surface area contributed by atoms with E-state index in [0.717, 1.165) is 5.56 Å². The molecule has 0 aliphatic heterocycles. The summed E-state index contributed by atoms with van der Waals surface area (Å²) in [4.78, 5) is 33.0. The molecule has 1 rings (SSSR count). The zero-order valence-electron chi connectivity index (χ0n) is 11.9. The van der Waals surface area contributed by atoms with Gasteiger partial charge < -0.3 is 14.2 Å². The second-order valence-electron chi connectivity index (χ2n) is 4.25. The molecule has 0 N–H and O–H groups in total. The van der Waals surface area contributed by atoms with E-state index in [1.54, 1.807) is 0 Å². The minimum Gasteiger partial charge on any atom is -0.463 e. The Labute approximate surface area is 123 Å².